The van der Waals surface area contributed by atoms with E-state index in [-0.39, 0.29) is 11.7 Å². The minimum absolute atomic E-state index is 0.103. The summed E-state index contributed by atoms with van der Waals surface area (Å²) in [6.45, 7) is 4.21. The van der Waals surface area contributed by atoms with Gasteiger partial charge in [0.1, 0.15) is 0 Å². The van der Waals surface area contributed by atoms with E-state index in [1.165, 1.54) is 16.7 Å². The monoisotopic (exact) mass is 281 g/mol. The topological polar surface area (TPSA) is 60.7 Å². The normalized spacial score (nSPS) is 12.7. The molecule has 1 atom stereocenters. The van der Waals surface area contributed by atoms with Crippen LogP contribution in [-0.4, -0.2) is 17.0 Å². The van der Waals surface area contributed by atoms with Crippen LogP contribution < -0.4 is 11.0 Å². The maximum atomic E-state index is 11.4. The SMILES string of the molecule is CNC(c1cc(C)cc(C)c1)c1ccc2[nH]c(=O)[nH]c2c1. The van der Waals surface area contributed by atoms with Gasteiger partial charge in [0, 0.05) is 0 Å². The lowest BCUT2D eigenvalue weighted by Crippen LogP contribution is -2.17. The Morgan fingerprint density at radius 2 is 1.57 bits per heavy atom. The van der Waals surface area contributed by atoms with Crippen LogP contribution in [0.25, 0.3) is 11.0 Å². The zero-order valence-electron chi connectivity index (χ0n) is 12.4. The van der Waals surface area contributed by atoms with Crippen molar-refractivity contribution in [1.29, 1.82) is 0 Å². The quantitative estimate of drug-likeness (QED) is 0.691. The van der Waals surface area contributed by atoms with Crippen molar-refractivity contribution in [2.75, 3.05) is 7.05 Å². The Labute approximate surface area is 123 Å². The second kappa shape index (κ2) is 5.22. The van der Waals surface area contributed by atoms with E-state index in [0.717, 1.165) is 16.6 Å². The highest BCUT2D eigenvalue weighted by atomic mass is 16.1. The lowest BCUT2D eigenvalue weighted by atomic mass is 9.95. The van der Waals surface area contributed by atoms with E-state index < -0.39 is 0 Å². The molecule has 0 bridgehead atoms. The summed E-state index contributed by atoms with van der Waals surface area (Å²) < 4.78 is 0. The lowest BCUT2D eigenvalue weighted by molar-refractivity contribution is 0.691. The van der Waals surface area contributed by atoms with Gasteiger partial charge in [-0.05, 0) is 44.2 Å². The fourth-order valence-corrected chi connectivity index (χ4v) is 2.93. The molecule has 4 nitrogen and oxygen atoms in total. The molecule has 1 heterocycles. The molecule has 0 aliphatic heterocycles. The summed E-state index contributed by atoms with van der Waals surface area (Å²) in [6, 6.07) is 12.7. The average Bonchev–Trinajstić information content (AvgIpc) is 2.78. The molecule has 0 aliphatic carbocycles. The number of hydrogen-bond acceptors (Lipinski definition) is 2. The highest BCUT2D eigenvalue weighted by Crippen LogP contribution is 2.25. The summed E-state index contributed by atoms with van der Waals surface area (Å²) in [5.74, 6) is 0. The molecule has 3 rings (SSSR count). The first-order chi connectivity index (χ1) is 10.1. The standard InChI is InChI=1S/C17H19N3O/c1-10-6-11(2)8-13(7-10)16(18-3)12-4-5-14-15(9-12)20-17(21)19-14/h4-9,16,18H,1-3H3,(H2,19,20,21). The van der Waals surface area contributed by atoms with Crippen molar-refractivity contribution >= 4 is 11.0 Å². The van der Waals surface area contributed by atoms with Crippen molar-refractivity contribution in [3.8, 4) is 0 Å². The van der Waals surface area contributed by atoms with Crippen molar-refractivity contribution < 1.29 is 0 Å². The zero-order valence-corrected chi connectivity index (χ0v) is 12.4. The molecule has 0 radical (unpaired) electrons. The van der Waals surface area contributed by atoms with Gasteiger partial charge in [0.15, 0.2) is 0 Å². The second-order valence-electron chi connectivity index (χ2n) is 5.53. The van der Waals surface area contributed by atoms with Crippen LogP contribution >= 0.6 is 0 Å². The maximum absolute atomic E-state index is 11.4. The Kier molecular flexibility index (Phi) is 3.39. The molecule has 108 valence electrons. The van der Waals surface area contributed by atoms with Crippen LogP contribution in [0.5, 0.6) is 0 Å². The lowest BCUT2D eigenvalue weighted by Gasteiger charge is -2.18. The largest absolute Gasteiger partial charge is 0.323 e. The minimum atomic E-state index is -0.172. The molecule has 21 heavy (non-hydrogen) atoms. The van der Waals surface area contributed by atoms with E-state index in [9.17, 15) is 4.79 Å². The number of aromatic amines is 2. The molecule has 2 aromatic carbocycles. The molecular formula is C17H19N3O. The number of aryl methyl sites for hydroxylation is 2. The average molecular weight is 281 g/mol. The van der Waals surface area contributed by atoms with Gasteiger partial charge >= 0.3 is 5.69 Å². The van der Waals surface area contributed by atoms with Crippen molar-refractivity contribution in [2.24, 2.45) is 0 Å². The van der Waals surface area contributed by atoms with Gasteiger partial charge in [-0.15, -0.1) is 0 Å². The van der Waals surface area contributed by atoms with Crippen LogP contribution in [0, 0.1) is 13.8 Å². The Morgan fingerprint density at radius 1 is 0.905 bits per heavy atom. The van der Waals surface area contributed by atoms with Gasteiger partial charge in [0.25, 0.3) is 0 Å². The molecule has 3 N–H and O–H groups in total. The van der Waals surface area contributed by atoms with Gasteiger partial charge < -0.3 is 15.3 Å². The number of H-pyrrole nitrogens is 2. The molecule has 0 amide bonds. The summed E-state index contributed by atoms with van der Waals surface area (Å²) in [4.78, 5) is 17.0. The van der Waals surface area contributed by atoms with Gasteiger partial charge in [-0.3, -0.25) is 0 Å². The van der Waals surface area contributed by atoms with Crippen LogP contribution in [0.4, 0.5) is 0 Å². The fraction of sp³-hybridized carbons (Fsp3) is 0.235. The van der Waals surface area contributed by atoms with Gasteiger partial charge in [0.2, 0.25) is 0 Å². The van der Waals surface area contributed by atoms with Crippen LogP contribution in [0.2, 0.25) is 0 Å². The molecule has 0 fully saturated rings. The van der Waals surface area contributed by atoms with Gasteiger partial charge in [-0.1, -0.05) is 35.4 Å². The van der Waals surface area contributed by atoms with E-state index in [2.05, 4.69) is 47.3 Å². The number of benzene rings is 2. The highest BCUT2D eigenvalue weighted by molar-refractivity contribution is 5.75. The molecule has 1 unspecified atom stereocenters. The van der Waals surface area contributed by atoms with Crippen LogP contribution in [0.3, 0.4) is 0 Å². The van der Waals surface area contributed by atoms with Crippen LogP contribution in [-0.2, 0) is 0 Å². The van der Waals surface area contributed by atoms with Crippen molar-refractivity contribution in [3.63, 3.8) is 0 Å². The van der Waals surface area contributed by atoms with E-state index in [4.69, 9.17) is 0 Å². The number of hydrogen-bond donors (Lipinski definition) is 3. The Bertz CT molecular complexity index is 824. The van der Waals surface area contributed by atoms with E-state index >= 15 is 0 Å². The third-order valence-corrected chi connectivity index (χ3v) is 3.74. The van der Waals surface area contributed by atoms with Crippen LogP contribution in [0.1, 0.15) is 28.3 Å². The molecule has 0 aliphatic rings. The molecular weight excluding hydrogens is 262 g/mol. The van der Waals surface area contributed by atoms with Crippen LogP contribution in [0.15, 0.2) is 41.2 Å². The predicted octanol–water partition coefficient (Wildman–Crippen LogP) is 2.78. The van der Waals surface area contributed by atoms with Crippen molar-refractivity contribution in [1.82, 2.24) is 15.3 Å². The number of imidazole rings is 1. The first kappa shape index (κ1) is 13.6. The predicted molar refractivity (Wildman–Crippen MR) is 85.7 cm³/mol. The molecule has 0 saturated heterocycles. The highest BCUT2D eigenvalue weighted by Gasteiger charge is 2.13. The van der Waals surface area contributed by atoms with Gasteiger partial charge in [-0.25, -0.2) is 4.79 Å². The molecule has 0 spiro atoms. The van der Waals surface area contributed by atoms with E-state index in [1.54, 1.807) is 0 Å². The Hall–Kier alpha value is -2.33. The summed E-state index contributed by atoms with van der Waals surface area (Å²) >= 11 is 0. The van der Waals surface area contributed by atoms with E-state index in [0.29, 0.717) is 0 Å². The number of rotatable bonds is 3. The first-order valence-corrected chi connectivity index (χ1v) is 7.04. The zero-order chi connectivity index (χ0) is 15.0. The smallest absolute Gasteiger partial charge is 0.309 e. The summed E-state index contributed by atoms with van der Waals surface area (Å²) in [7, 11) is 1.95. The van der Waals surface area contributed by atoms with Crippen molar-refractivity contribution in [2.45, 2.75) is 19.9 Å². The molecule has 1 aromatic heterocycles. The first-order valence-electron chi connectivity index (χ1n) is 7.04. The second-order valence-corrected chi connectivity index (χ2v) is 5.53. The van der Waals surface area contributed by atoms with Crippen molar-refractivity contribution in [3.05, 3.63) is 69.1 Å². The van der Waals surface area contributed by atoms with E-state index in [1.807, 2.05) is 25.2 Å². The third-order valence-electron chi connectivity index (χ3n) is 3.74. The summed E-state index contributed by atoms with van der Waals surface area (Å²) in [5, 5.41) is 3.36. The Balaban J connectivity index is 2.10. The number of aromatic nitrogens is 2. The Morgan fingerprint density at radius 3 is 2.24 bits per heavy atom. The summed E-state index contributed by atoms with van der Waals surface area (Å²) in [6.07, 6.45) is 0. The fourth-order valence-electron chi connectivity index (χ4n) is 2.93. The molecule has 3 aromatic rings. The summed E-state index contributed by atoms with van der Waals surface area (Å²) in [5.41, 5.74) is 6.36. The number of fused-ring (bicyclic) bond motifs is 1. The number of nitrogens with one attached hydrogen (secondary N) is 3. The van der Waals surface area contributed by atoms with Gasteiger partial charge in [0.05, 0.1) is 17.1 Å². The maximum Gasteiger partial charge on any atom is 0.323 e. The minimum Gasteiger partial charge on any atom is -0.309 e. The van der Waals surface area contributed by atoms with Gasteiger partial charge in [-0.2, -0.15) is 0 Å². The molecule has 0 saturated carbocycles. The molecule has 4 heteroatoms. The third kappa shape index (κ3) is 2.62.